The summed E-state index contributed by atoms with van der Waals surface area (Å²) in [5.41, 5.74) is 1.64. The van der Waals surface area contributed by atoms with Gasteiger partial charge in [-0.25, -0.2) is 0 Å². The number of carbonyl (C=O) groups excluding carboxylic acids is 1. The minimum atomic E-state index is -0.576. The molecule has 0 bridgehead atoms. The number of hydrogen-bond acceptors (Lipinski definition) is 4. The summed E-state index contributed by atoms with van der Waals surface area (Å²) in [6.07, 6.45) is 7.56. The molecule has 0 aromatic heterocycles. The SMILES string of the molecule is CC(C)=CCC(=O)C(C)CCCC1(C)OC/C(=C/CO)CCC1O. The van der Waals surface area contributed by atoms with Gasteiger partial charge in [-0.05, 0) is 58.4 Å². The zero-order valence-corrected chi connectivity index (χ0v) is 15.7. The van der Waals surface area contributed by atoms with Crippen molar-refractivity contribution in [3.05, 3.63) is 23.3 Å². The minimum absolute atomic E-state index is 0.0107. The lowest BCUT2D eigenvalue weighted by Crippen LogP contribution is -2.41. The molecule has 1 aliphatic rings. The molecule has 1 aliphatic heterocycles. The maximum absolute atomic E-state index is 12.1. The zero-order chi connectivity index (χ0) is 18.2. The fourth-order valence-electron chi connectivity index (χ4n) is 3.01. The number of Topliss-reactive ketones (excluding diaryl/α,β-unsaturated/α-hetero) is 1. The molecule has 4 heteroatoms. The maximum atomic E-state index is 12.1. The van der Waals surface area contributed by atoms with E-state index in [0.29, 0.717) is 19.4 Å². The third kappa shape index (κ3) is 6.88. The van der Waals surface area contributed by atoms with E-state index in [0.717, 1.165) is 31.3 Å². The first-order valence-electron chi connectivity index (χ1n) is 9.05. The summed E-state index contributed by atoms with van der Waals surface area (Å²) in [4.78, 5) is 12.1. The van der Waals surface area contributed by atoms with Crippen molar-refractivity contribution >= 4 is 5.78 Å². The van der Waals surface area contributed by atoms with Gasteiger partial charge in [0.05, 0.1) is 24.9 Å². The third-order valence-electron chi connectivity index (χ3n) is 4.98. The van der Waals surface area contributed by atoms with Crippen LogP contribution in [0.1, 0.15) is 66.2 Å². The molecular weight excluding hydrogens is 304 g/mol. The summed E-state index contributed by atoms with van der Waals surface area (Å²) in [5, 5.41) is 19.4. The smallest absolute Gasteiger partial charge is 0.139 e. The summed E-state index contributed by atoms with van der Waals surface area (Å²) < 4.78 is 5.97. The largest absolute Gasteiger partial charge is 0.392 e. The van der Waals surface area contributed by atoms with E-state index in [1.807, 2.05) is 33.8 Å². The molecule has 0 aromatic carbocycles. The van der Waals surface area contributed by atoms with Crippen LogP contribution >= 0.6 is 0 Å². The van der Waals surface area contributed by atoms with Gasteiger partial charge in [0.1, 0.15) is 5.78 Å². The van der Waals surface area contributed by atoms with Gasteiger partial charge in [-0.3, -0.25) is 4.79 Å². The Kier molecular flexibility index (Phi) is 8.88. The number of hydrogen-bond donors (Lipinski definition) is 2. The van der Waals surface area contributed by atoms with Gasteiger partial charge in [0.2, 0.25) is 0 Å². The van der Waals surface area contributed by atoms with Crippen molar-refractivity contribution in [1.29, 1.82) is 0 Å². The average molecular weight is 338 g/mol. The monoisotopic (exact) mass is 338 g/mol. The number of ether oxygens (including phenoxy) is 1. The van der Waals surface area contributed by atoms with Crippen LogP contribution in [-0.2, 0) is 9.53 Å². The van der Waals surface area contributed by atoms with E-state index >= 15 is 0 Å². The molecule has 1 heterocycles. The maximum Gasteiger partial charge on any atom is 0.139 e. The molecule has 0 spiro atoms. The van der Waals surface area contributed by atoms with Crippen molar-refractivity contribution in [2.24, 2.45) is 5.92 Å². The quantitative estimate of drug-likeness (QED) is 0.664. The van der Waals surface area contributed by atoms with Crippen LogP contribution in [0.5, 0.6) is 0 Å². The van der Waals surface area contributed by atoms with E-state index in [4.69, 9.17) is 9.84 Å². The van der Waals surface area contributed by atoms with E-state index < -0.39 is 11.7 Å². The molecular formula is C20H34O4. The summed E-state index contributed by atoms with van der Waals surface area (Å²) in [5.74, 6) is 0.314. The second-order valence-corrected chi connectivity index (χ2v) is 7.45. The predicted molar refractivity (Wildman–Crippen MR) is 96.8 cm³/mol. The van der Waals surface area contributed by atoms with Crippen LogP contribution < -0.4 is 0 Å². The fraction of sp³-hybridized carbons (Fsp3) is 0.750. The van der Waals surface area contributed by atoms with E-state index in [2.05, 4.69) is 0 Å². The third-order valence-corrected chi connectivity index (χ3v) is 4.98. The Morgan fingerprint density at radius 1 is 1.46 bits per heavy atom. The van der Waals surface area contributed by atoms with Gasteiger partial charge in [0.15, 0.2) is 0 Å². The lowest BCUT2D eigenvalue weighted by molar-refractivity contribution is -0.122. The molecule has 0 aliphatic carbocycles. The van der Waals surface area contributed by atoms with Crippen LogP contribution in [0.3, 0.4) is 0 Å². The highest BCUT2D eigenvalue weighted by atomic mass is 16.5. The number of aliphatic hydroxyl groups excluding tert-OH is 2. The van der Waals surface area contributed by atoms with Gasteiger partial charge < -0.3 is 14.9 Å². The normalized spacial score (nSPS) is 27.6. The highest BCUT2D eigenvalue weighted by Gasteiger charge is 2.35. The Labute approximate surface area is 146 Å². The first-order valence-corrected chi connectivity index (χ1v) is 9.05. The van der Waals surface area contributed by atoms with E-state index in [9.17, 15) is 9.90 Å². The molecule has 1 saturated heterocycles. The van der Waals surface area contributed by atoms with Crippen molar-refractivity contribution in [1.82, 2.24) is 0 Å². The molecule has 1 fully saturated rings. The van der Waals surface area contributed by atoms with E-state index in [-0.39, 0.29) is 18.3 Å². The first kappa shape index (κ1) is 21.1. The molecule has 4 nitrogen and oxygen atoms in total. The molecule has 0 amide bonds. The van der Waals surface area contributed by atoms with Gasteiger partial charge in [-0.1, -0.05) is 24.6 Å². The molecule has 0 radical (unpaired) electrons. The Balaban J connectivity index is 2.48. The summed E-state index contributed by atoms with van der Waals surface area (Å²) in [6, 6.07) is 0. The predicted octanol–water partition coefficient (Wildman–Crippen LogP) is 3.57. The molecule has 24 heavy (non-hydrogen) atoms. The zero-order valence-electron chi connectivity index (χ0n) is 15.7. The Morgan fingerprint density at radius 2 is 2.17 bits per heavy atom. The van der Waals surface area contributed by atoms with Gasteiger partial charge in [-0.15, -0.1) is 0 Å². The van der Waals surface area contributed by atoms with Crippen molar-refractivity contribution in [2.75, 3.05) is 13.2 Å². The van der Waals surface area contributed by atoms with Gasteiger partial charge in [0, 0.05) is 12.3 Å². The van der Waals surface area contributed by atoms with Crippen LogP contribution in [0.4, 0.5) is 0 Å². The number of carbonyl (C=O) groups is 1. The topological polar surface area (TPSA) is 66.8 Å². The first-order chi connectivity index (χ1) is 11.3. The van der Waals surface area contributed by atoms with Crippen molar-refractivity contribution < 1.29 is 19.7 Å². The van der Waals surface area contributed by atoms with Gasteiger partial charge >= 0.3 is 0 Å². The number of ketones is 1. The van der Waals surface area contributed by atoms with Crippen molar-refractivity contribution in [3.8, 4) is 0 Å². The summed E-state index contributed by atoms with van der Waals surface area (Å²) in [6.45, 7) is 8.41. The van der Waals surface area contributed by atoms with Crippen LogP contribution in [0.2, 0.25) is 0 Å². The lowest BCUT2D eigenvalue weighted by atomic mass is 9.87. The molecule has 2 N–H and O–H groups in total. The lowest BCUT2D eigenvalue weighted by Gasteiger charge is -2.33. The Bertz CT molecular complexity index is 462. The molecule has 3 atom stereocenters. The second-order valence-electron chi connectivity index (χ2n) is 7.45. The number of allylic oxidation sites excluding steroid dienone is 2. The van der Waals surface area contributed by atoms with Crippen LogP contribution in [-0.4, -0.2) is 40.9 Å². The Hall–Kier alpha value is -0.970. The van der Waals surface area contributed by atoms with Crippen LogP contribution in [0, 0.1) is 5.92 Å². The molecule has 1 rings (SSSR count). The minimum Gasteiger partial charge on any atom is -0.392 e. The van der Waals surface area contributed by atoms with Gasteiger partial charge in [0.25, 0.3) is 0 Å². The molecule has 138 valence electrons. The fourth-order valence-corrected chi connectivity index (χ4v) is 3.01. The van der Waals surface area contributed by atoms with Crippen molar-refractivity contribution in [3.63, 3.8) is 0 Å². The summed E-state index contributed by atoms with van der Waals surface area (Å²) >= 11 is 0. The highest BCUT2D eigenvalue weighted by Crippen LogP contribution is 2.31. The van der Waals surface area contributed by atoms with Crippen molar-refractivity contribution in [2.45, 2.75) is 77.9 Å². The van der Waals surface area contributed by atoms with Gasteiger partial charge in [-0.2, -0.15) is 0 Å². The van der Waals surface area contributed by atoms with E-state index in [1.165, 1.54) is 5.57 Å². The molecule has 0 saturated carbocycles. The van der Waals surface area contributed by atoms with E-state index in [1.54, 1.807) is 6.08 Å². The number of rotatable bonds is 8. The van der Waals surface area contributed by atoms with Crippen LogP contribution in [0.25, 0.3) is 0 Å². The molecule has 0 aromatic rings. The average Bonchev–Trinajstić information content (AvgIpc) is 2.66. The number of aliphatic hydroxyl groups is 2. The standard InChI is InChI=1S/C20H34O4/c1-15(2)7-9-18(22)16(3)6-5-12-20(4)19(23)10-8-17(11-13-21)14-24-20/h7,11,16,19,21,23H,5-6,8-10,12-14H2,1-4H3/b17-11+. The van der Waals surface area contributed by atoms with Crippen LogP contribution in [0.15, 0.2) is 23.3 Å². The Morgan fingerprint density at radius 3 is 2.79 bits per heavy atom. The highest BCUT2D eigenvalue weighted by molar-refractivity contribution is 5.82. The second kappa shape index (κ2) is 10.1. The summed E-state index contributed by atoms with van der Waals surface area (Å²) in [7, 11) is 0. The molecule has 3 unspecified atom stereocenters.